The molecule has 2 N–H and O–H groups in total. The molecular weight excluding hydrogens is 218 g/mol. The highest BCUT2D eigenvalue weighted by atomic mass is 16.5. The summed E-state index contributed by atoms with van der Waals surface area (Å²) in [5.74, 6) is 0.764. The number of aromatic nitrogens is 4. The van der Waals surface area contributed by atoms with E-state index in [0.29, 0.717) is 18.9 Å². The minimum Gasteiger partial charge on any atom is -0.464 e. The lowest BCUT2D eigenvalue weighted by molar-refractivity contribution is 0.310. The standard InChI is InChI=1S/C11H13N5O/c1-2-17-11-15-9(14-10(12)16-11)7-8-3-5-13-6-4-8/h3-6H,2,7H2,1H3,(H2,12,14,15,16). The molecule has 0 aliphatic rings. The molecule has 0 amide bonds. The topological polar surface area (TPSA) is 86.8 Å². The van der Waals surface area contributed by atoms with E-state index in [1.165, 1.54) is 0 Å². The van der Waals surface area contributed by atoms with Crippen LogP contribution in [0.2, 0.25) is 0 Å². The van der Waals surface area contributed by atoms with Crippen molar-refractivity contribution in [2.45, 2.75) is 13.3 Å². The van der Waals surface area contributed by atoms with Crippen LogP contribution in [0, 0.1) is 0 Å². The van der Waals surface area contributed by atoms with Gasteiger partial charge in [0, 0.05) is 18.8 Å². The molecule has 2 heterocycles. The molecule has 88 valence electrons. The van der Waals surface area contributed by atoms with Gasteiger partial charge in [-0.05, 0) is 24.6 Å². The first-order valence-electron chi connectivity index (χ1n) is 5.30. The summed E-state index contributed by atoms with van der Waals surface area (Å²) in [6, 6.07) is 4.07. The molecule has 6 heteroatoms. The fraction of sp³-hybridized carbons (Fsp3) is 0.273. The Labute approximate surface area is 98.9 Å². The lowest BCUT2D eigenvalue weighted by Gasteiger charge is -2.04. The number of nitrogen functional groups attached to an aromatic ring is 1. The summed E-state index contributed by atoms with van der Waals surface area (Å²) in [4.78, 5) is 16.1. The van der Waals surface area contributed by atoms with Crippen molar-refractivity contribution in [3.63, 3.8) is 0 Å². The van der Waals surface area contributed by atoms with Crippen LogP contribution in [-0.4, -0.2) is 26.5 Å². The van der Waals surface area contributed by atoms with Crippen LogP contribution in [0.1, 0.15) is 18.3 Å². The van der Waals surface area contributed by atoms with E-state index in [1.807, 2.05) is 19.1 Å². The summed E-state index contributed by atoms with van der Waals surface area (Å²) in [6.45, 7) is 2.36. The Morgan fingerprint density at radius 1 is 1.18 bits per heavy atom. The molecule has 0 bridgehead atoms. The number of pyridine rings is 1. The van der Waals surface area contributed by atoms with Gasteiger partial charge in [-0.2, -0.15) is 15.0 Å². The van der Waals surface area contributed by atoms with Crippen molar-refractivity contribution in [2.75, 3.05) is 12.3 Å². The van der Waals surface area contributed by atoms with Crippen LogP contribution < -0.4 is 10.5 Å². The van der Waals surface area contributed by atoms with E-state index < -0.39 is 0 Å². The fourth-order valence-electron chi connectivity index (χ4n) is 1.37. The van der Waals surface area contributed by atoms with Gasteiger partial charge >= 0.3 is 6.01 Å². The molecule has 0 saturated heterocycles. The Kier molecular flexibility index (Phi) is 3.44. The summed E-state index contributed by atoms with van der Waals surface area (Å²) in [6.07, 6.45) is 4.03. The number of hydrogen-bond donors (Lipinski definition) is 1. The van der Waals surface area contributed by atoms with Crippen LogP contribution in [-0.2, 0) is 6.42 Å². The fourth-order valence-corrected chi connectivity index (χ4v) is 1.37. The summed E-state index contributed by atoms with van der Waals surface area (Å²) in [7, 11) is 0. The molecule has 0 fully saturated rings. The third kappa shape index (κ3) is 3.10. The van der Waals surface area contributed by atoms with Crippen LogP contribution in [0.4, 0.5) is 5.95 Å². The molecule has 0 radical (unpaired) electrons. The maximum absolute atomic E-state index is 5.59. The first-order valence-corrected chi connectivity index (χ1v) is 5.30. The van der Waals surface area contributed by atoms with Crippen LogP contribution >= 0.6 is 0 Å². The predicted molar refractivity (Wildman–Crippen MR) is 62.5 cm³/mol. The average molecular weight is 231 g/mol. The number of hydrogen-bond acceptors (Lipinski definition) is 6. The number of anilines is 1. The molecule has 2 rings (SSSR count). The van der Waals surface area contributed by atoms with E-state index >= 15 is 0 Å². The molecule has 0 unspecified atom stereocenters. The van der Waals surface area contributed by atoms with E-state index in [-0.39, 0.29) is 12.0 Å². The second-order valence-electron chi connectivity index (χ2n) is 3.36. The molecule has 6 nitrogen and oxygen atoms in total. The third-order valence-corrected chi connectivity index (χ3v) is 2.06. The van der Waals surface area contributed by atoms with Gasteiger partial charge in [-0.3, -0.25) is 4.98 Å². The van der Waals surface area contributed by atoms with Gasteiger partial charge < -0.3 is 10.5 Å². The SMILES string of the molecule is CCOc1nc(N)nc(Cc2ccncc2)n1. The third-order valence-electron chi connectivity index (χ3n) is 2.06. The Balaban J connectivity index is 2.21. The van der Waals surface area contributed by atoms with Crippen LogP contribution in [0.25, 0.3) is 0 Å². The van der Waals surface area contributed by atoms with Crippen molar-refractivity contribution in [2.24, 2.45) is 0 Å². The minimum absolute atomic E-state index is 0.174. The Hall–Kier alpha value is -2.24. The Morgan fingerprint density at radius 3 is 2.65 bits per heavy atom. The average Bonchev–Trinajstić information content (AvgIpc) is 2.30. The van der Waals surface area contributed by atoms with Crippen molar-refractivity contribution in [3.8, 4) is 6.01 Å². The van der Waals surface area contributed by atoms with Crippen LogP contribution in [0.3, 0.4) is 0 Å². The van der Waals surface area contributed by atoms with Crippen molar-refractivity contribution in [3.05, 3.63) is 35.9 Å². The molecule has 2 aromatic rings. The predicted octanol–water partition coefficient (Wildman–Crippen LogP) is 0.838. The second-order valence-corrected chi connectivity index (χ2v) is 3.36. The van der Waals surface area contributed by atoms with Gasteiger partial charge in [0.2, 0.25) is 5.95 Å². The summed E-state index contributed by atoms with van der Waals surface area (Å²) < 4.78 is 5.21. The zero-order valence-corrected chi connectivity index (χ0v) is 9.50. The lowest BCUT2D eigenvalue weighted by atomic mass is 10.2. The normalized spacial score (nSPS) is 10.2. The van der Waals surface area contributed by atoms with E-state index in [1.54, 1.807) is 12.4 Å². The molecule has 0 atom stereocenters. The van der Waals surface area contributed by atoms with Gasteiger partial charge in [-0.15, -0.1) is 0 Å². The van der Waals surface area contributed by atoms with E-state index in [9.17, 15) is 0 Å². The smallest absolute Gasteiger partial charge is 0.321 e. The lowest BCUT2D eigenvalue weighted by Crippen LogP contribution is -2.07. The van der Waals surface area contributed by atoms with Crippen molar-refractivity contribution in [1.82, 2.24) is 19.9 Å². The quantitative estimate of drug-likeness (QED) is 0.839. The first kappa shape index (κ1) is 11.3. The molecule has 0 aromatic carbocycles. The second kappa shape index (κ2) is 5.20. The maximum atomic E-state index is 5.59. The molecule has 2 aromatic heterocycles. The molecule has 0 saturated carbocycles. The van der Waals surface area contributed by atoms with Crippen molar-refractivity contribution < 1.29 is 4.74 Å². The Bertz CT molecular complexity index is 488. The molecule has 17 heavy (non-hydrogen) atoms. The maximum Gasteiger partial charge on any atom is 0.321 e. The van der Waals surface area contributed by atoms with Crippen molar-refractivity contribution in [1.29, 1.82) is 0 Å². The highest BCUT2D eigenvalue weighted by Crippen LogP contribution is 2.09. The van der Waals surface area contributed by atoms with Crippen LogP contribution in [0.5, 0.6) is 6.01 Å². The number of ether oxygens (including phenoxy) is 1. The van der Waals surface area contributed by atoms with E-state index in [4.69, 9.17) is 10.5 Å². The monoisotopic (exact) mass is 231 g/mol. The van der Waals surface area contributed by atoms with Gasteiger partial charge in [-0.1, -0.05) is 0 Å². The summed E-state index contributed by atoms with van der Waals surface area (Å²) in [5, 5.41) is 0. The zero-order valence-electron chi connectivity index (χ0n) is 9.50. The molecule has 0 aliphatic heterocycles. The van der Waals surface area contributed by atoms with Crippen LogP contribution in [0.15, 0.2) is 24.5 Å². The summed E-state index contributed by atoms with van der Waals surface area (Å²) in [5.41, 5.74) is 6.65. The van der Waals surface area contributed by atoms with Gasteiger partial charge in [0.1, 0.15) is 5.82 Å². The number of nitrogens with two attached hydrogens (primary N) is 1. The van der Waals surface area contributed by atoms with E-state index in [0.717, 1.165) is 5.56 Å². The highest BCUT2D eigenvalue weighted by molar-refractivity contribution is 5.22. The first-order chi connectivity index (χ1) is 8.28. The molecule has 0 aliphatic carbocycles. The number of rotatable bonds is 4. The number of nitrogens with zero attached hydrogens (tertiary/aromatic N) is 4. The molecule has 0 spiro atoms. The van der Waals surface area contributed by atoms with Gasteiger partial charge in [-0.25, -0.2) is 0 Å². The largest absolute Gasteiger partial charge is 0.464 e. The molecular formula is C11H13N5O. The summed E-state index contributed by atoms with van der Waals surface area (Å²) >= 11 is 0. The van der Waals surface area contributed by atoms with E-state index in [2.05, 4.69) is 19.9 Å². The highest BCUT2D eigenvalue weighted by Gasteiger charge is 2.05. The Morgan fingerprint density at radius 2 is 1.94 bits per heavy atom. The van der Waals surface area contributed by atoms with Crippen molar-refractivity contribution >= 4 is 5.95 Å². The van der Waals surface area contributed by atoms with Gasteiger partial charge in [0.15, 0.2) is 0 Å². The minimum atomic E-state index is 0.174. The van der Waals surface area contributed by atoms with Gasteiger partial charge in [0.05, 0.1) is 6.61 Å². The van der Waals surface area contributed by atoms with Gasteiger partial charge in [0.25, 0.3) is 0 Å². The zero-order chi connectivity index (χ0) is 12.1.